The van der Waals surface area contributed by atoms with Gasteiger partial charge < -0.3 is 10.0 Å². The molecular formula is C15H18N2O3. The van der Waals surface area contributed by atoms with Crippen LogP contribution in [0.1, 0.15) is 11.1 Å². The quantitative estimate of drug-likeness (QED) is 0.834. The number of amides is 1. The van der Waals surface area contributed by atoms with Crippen molar-refractivity contribution in [1.29, 1.82) is 0 Å². The van der Waals surface area contributed by atoms with Gasteiger partial charge in [-0.15, -0.1) is 0 Å². The summed E-state index contributed by atoms with van der Waals surface area (Å²) in [5, 5.41) is 8.56. The van der Waals surface area contributed by atoms with Crippen molar-refractivity contribution in [3.63, 3.8) is 0 Å². The number of hydrogen-bond acceptors (Lipinski definition) is 3. The normalized spacial score (nSPS) is 16.9. The van der Waals surface area contributed by atoms with Crippen molar-refractivity contribution in [3.8, 4) is 0 Å². The highest BCUT2D eigenvalue weighted by Crippen LogP contribution is 2.11. The average molecular weight is 274 g/mol. The van der Waals surface area contributed by atoms with Gasteiger partial charge in [-0.1, -0.05) is 24.3 Å². The molecule has 5 heteroatoms. The van der Waals surface area contributed by atoms with E-state index < -0.39 is 5.97 Å². The second-order valence-electron chi connectivity index (χ2n) is 4.94. The molecule has 106 valence electrons. The molecule has 5 nitrogen and oxygen atoms in total. The number of likely N-dealkylation sites (N-methyl/N-ethyl adjacent to an activating group) is 1. The SMILES string of the molecule is CN1CCN(Cc2ccc(C=CC(=O)O)cc2)CC1=O. The summed E-state index contributed by atoms with van der Waals surface area (Å²) in [7, 11) is 1.82. The summed E-state index contributed by atoms with van der Waals surface area (Å²) in [4.78, 5) is 25.9. The fourth-order valence-corrected chi connectivity index (χ4v) is 2.10. The average Bonchev–Trinajstić information content (AvgIpc) is 2.42. The first-order valence-electron chi connectivity index (χ1n) is 6.51. The Morgan fingerprint density at radius 3 is 2.60 bits per heavy atom. The molecule has 0 atom stereocenters. The molecule has 1 saturated heterocycles. The van der Waals surface area contributed by atoms with Gasteiger partial charge in [-0.2, -0.15) is 0 Å². The molecular weight excluding hydrogens is 256 g/mol. The minimum absolute atomic E-state index is 0.150. The summed E-state index contributed by atoms with van der Waals surface area (Å²) in [6, 6.07) is 7.69. The van der Waals surface area contributed by atoms with Crippen LogP contribution in [-0.2, 0) is 16.1 Å². The minimum atomic E-state index is -0.954. The van der Waals surface area contributed by atoms with E-state index in [0.29, 0.717) is 6.54 Å². The van der Waals surface area contributed by atoms with Crippen LogP contribution in [0, 0.1) is 0 Å². The molecule has 1 aromatic carbocycles. The maximum Gasteiger partial charge on any atom is 0.328 e. The van der Waals surface area contributed by atoms with Crippen LogP contribution in [0.3, 0.4) is 0 Å². The third-order valence-corrected chi connectivity index (χ3v) is 3.34. The third kappa shape index (κ3) is 3.93. The molecule has 2 rings (SSSR count). The molecule has 1 aromatic rings. The van der Waals surface area contributed by atoms with Crippen LogP contribution >= 0.6 is 0 Å². The minimum Gasteiger partial charge on any atom is -0.478 e. The number of carboxylic acid groups (broad SMARTS) is 1. The van der Waals surface area contributed by atoms with Crippen molar-refractivity contribution in [2.45, 2.75) is 6.54 Å². The summed E-state index contributed by atoms with van der Waals surface area (Å²) < 4.78 is 0. The standard InChI is InChI=1S/C15H18N2O3/c1-16-8-9-17(11-14(16)18)10-13-4-2-12(3-5-13)6-7-15(19)20/h2-7H,8-11H2,1H3,(H,19,20). The summed E-state index contributed by atoms with van der Waals surface area (Å²) >= 11 is 0. The van der Waals surface area contributed by atoms with Crippen molar-refractivity contribution >= 4 is 18.0 Å². The van der Waals surface area contributed by atoms with Gasteiger partial charge in [0.25, 0.3) is 0 Å². The second kappa shape index (κ2) is 6.34. The van der Waals surface area contributed by atoms with Gasteiger partial charge in [0.2, 0.25) is 5.91 Å². The van der Waals surface area contributed by atoms with Crippen LogP contribution in [0.15, 0.2) is 30.3 Å². The molecule has 1 heterocycles. The van der Waals surface area contributed by atoms with E-state index in [4.69, 9.17) is 5.11 Å². The van der Waals surface area contributed by atoms with E-state index in [2.05, 4.69) is 4.90 Å². The molecule has 1 N–H and O–H groups in total. The topological polar surface area (TPSA) is 60.9 Å². The van der Waals surface area contributed by atoms with Crippen molar-refractivity contribution in [2.75, 3.05) is 26.7 Å². The smallest absolute Gasteiger partial charge is 0.328 e. The van der Waals surface area contributed by atoms with Gasteiger partial charge >= 0.3 is 5.97 Å². The Hall–Kier alpha value is -2.14. The summed E-state index contributed by atoms with van der Waals surface area (Å²) in [5.41, 5.74) is 1.97. The number of carboxylic acids is 1. The Balaban J connectivity index is 1.94. The first-order chi connectivity index (χ1) is 9.54. The molecule has 0 spiro atoms. The molecule has 1 aliphatic rings. The number of nitrogens with zero attached hydrogens (tertiary/aromatic N) is 2. The second-order valence-corrected chi connectivity index (χ2v) is 4.94. The number of carbonyl (C=O) groups is 2. The predicted molar refractivity (Wildman–Crippen MR) is 76.0 cm³/mol. The van der Waals surface area contributed by atoms with Gasteiger partial charge in [0.1, 0.15) is 0 Å². The van der Waals surface area contributed by atoms with E-state index in [-0.39, 0.29) is 5.91 Å². The van der Waals surface area contributed by atoms with Gasteiger partial charge in [-0.3, -0.25) is 9.69 Å². The first kappa shape index (κ1) is 14.3. The van der Waals surface area contributed by atoms with Crippen LogP contribution in [-0.4, -0.2) is 53.5 Å². The van der Waals surface area contributed by atoms with Crippen LogP contribution in [0.2, 0.25) is 0 Å². The van der Waals surface area contributed by atoms with Gasteiger partial charge in [0, 0.05) is 32.8 Å². The molecule has 1 aliphatic heterocycles. The van der Waals surface area contributed by atoms with Gasteiger partial charge in [0.05, 0.1) is 6.54 Å². The maximum atomic E-state index is 11.6. The van der Waals surface area contributed by atoms with Crippen molar-refractivity contribution in [1.82, 2.24) is 9.80 Å². The Morgan fingerprint density at radius 2 is 2.00 bits per heavy atom. The largest absolute Gasteiger partial charge is 0.478 e. The van der Waals surface area contributed by atoms with E-state index in [1.807, 2.05) is 31.3 Å². The van der Waals surface area contributed by atoms with Crippen LogP contribution < -0.4 is 0 Å². The van der Waals surface area contributed by atoms with Crippen molar-refractivity contribution < 1.29 is 14.7 Å². The lowest BCUT2D eigenvalue weighted by Gasteiger charge is -2.31. The molecule has 0 bridgehead atoms. The molecule has 0 aromatic heterocycles. The number of aliphatic carboxylic acids is 1. The lowest BCUT2D eigenvalue weighted by molar-refractivity contribution is -0.134. The Morgan fingerprint density at radius 1 is 1.30 bits per heavy atom. The lowest BCUT2D eigenvalue weighted by Crippen LogP contribution is -2.47. The van der Waals surface area contributed by atoms with Crippen LogP contribution in [0.25, 0.3) is 6.08 Å². The van der Waals surface area contributed by atoms with Gasteiger partial charge in [-0.05, 0) is 17.2 Å². The molecule has 0 radical (unpaired) electrons. The number of carbonyl (C=O) groups excluding carboxylic acids is 1. The number of hydrogen-bond donors (Lipinski definition) is 1. The highest BCUT2D eigenvalue weighted by Gasteiger charge is 2.20. The van der Waals surface area contributed by atoms with Crippen molar-refractivity contribution in [2.24, 2.45) is 0 Å². The van der Waals surface area contributed by atoms with E-state index >= 15 is 0 Å². The van der Waals surface area contributed by atoms with E-state index in [0.717, 1.165) is 36.8 Å². The van der Waals surface area contributed by atoms with E-state index in [9.17, 15) is 9.59 Å². The molecule has 20 heavy (non-hydrogen) atoms. The van der Waals surface area contributed by atoms with E-state index in [1.165, 1.54) is 0 Å². The molecule has 1 fully saturated rings. The number of piperazine rings is 1. The monoisotopic (exact) mass is 274 g/mol. The fraction of sp³-hybridized carbons (Fsp3) is 0.333. The van der Waals surface area contributed by atoms with Gasteiger partial charge in [-0.25, -0.2) is 4.79 Å². The Bertz CT molecular complexity index is 522. The maximum absolute atomic E-state index is 11.6. The zero-order chi connectivity index (χ0) is 14.5. The van der Waals surface area contributed by atoms with E-state index in [1.54, 1.807) is 11.0 Å². The Labute approximate surface area is 118 Å². The van der Waals surface area contributed by atoms with Gasteiger partial charge in [0.15, 0.2) is 0 Å². The number of rotatable bonds is 4. The lowest BCUT2D eigenvalue weighted by atomic mass is 10.1. The molecule has 0 aliphatic carbocycles. The predicted octanol–water partition coefficient (Wildman–Crippen LogP) is 1.06. The summed E-state index contributed by atoms with van der Waals surface area (Å²) in [6.07, 6.45) is 2.68. The third-order valence-electron chi connectivity index (χ3n) is 3.34. The molecule has 0 saturated carbocycles. The fourth-order valence-electron chi connectivity index (χ4n) is 2.10. The highest BCUT2D eigenvalue weighted by molar-refractivity contribution is 5.85. The molecule has 1 amide bonds. The summed E-state index contributed by atoms with van der Waals surface area (Å²) in [6.45, 7) is 2.83. The number of benzene rings is 1. The Kier molecular flexibility index (Phi) is 4.53. The zero-order valence-electron chi connectivity index (χ0n) is 11.5. The first-order valence-corrected chi connectivity index (χ1v) is 6.51. The van der Waals surface area contributed by atoms with Crippen LogP contribution in [0.4, 0.5) is 0 Å². The zero-order valence-corrected chi connectivity index (χ0v) is 11.5. The molecule has 0 unspecified atom stereocenters. The van der Waals surface area contributed by atoms with Crippen LogP contribution in [0.5, 0.6) is 0 Å². The highest BCUT2D eigenvalue weighted by atomic mass is 16.4. The summed E-state index contributed by atoms with van der Waals surface area (Å²) in [5.74, 6) is -0.803. The van der Waals surface area contributed by atoms with Crippen molar-refractivity contribution in [3.05, 3.63) is 41.5 Å².